The van der Waals surface area contributed by atoms with Crippen molar-refractivity contribution in [2.45, 2.75) is 53.0 Å². The van der Waals surface area contributed by atoms with Gasteiger partial charge >= 0.3 is 6.09 Å². The van der Waals surface area contributed by atoms with Crippen molar-refractivity contribution in [1.29, 1.82) is 0 Å². The molecular weight excluding hydrogens is 486 g/mol. The number of morpholine rings is 1. The van der Waals surface area contributed by atoms with Crippen LogP contribution < -0.4 is 11.1 Å². The van der Waals surface area contributed by atoms with Crippen LogP contribution in [0.3, 0.4) is 0 Å². The van der Waals surface area contributed by atoms with Gasteiger partial charge in [0.2, 0.25) is 5.91 Å². The first-order valence-corrected chi connectivity index (χ1v) is 12.4. The van der Waals surface area contributed by atoms with Gasteiger partial charge in [0.25, 0.3) is 0 Å². The van der Waals surface area contributed by atoms with E-state index >= 15 is 0 Å². The third-order valence-corrected chi connectivity index (χ3v) is 6.16. The van der Waals surface area contributed by atoms with Gasteiger partial charge in [-0.25, -0.2) is 9.78 Å². The van der Waals surface area contributed by atoms with Gasteiger partial charge in [0.05, 0.1) is 48.9 Å². The highest BCUT2D eigenvalue weighted by Crippen LogP contribution is 2.23. The summed E-state index contributed by atoms with van der Waals surface area (Å²) in [5.74, 6) is 0.252. The van der Waals surface area contributed by atoms with E-state index in [9.17, 15) is 9.59 Å². The average molecular weight is 526 g/mol. The van der Waals surface area contributed by atoms with Gasteiger partial charge in [-0.3, -0.25) is 9.20 Å². The number of pyridine rings is 1. The van der Waals surface area contributed by atoms with Crippen molar-refractivity contribution in [3.8, 4) is 0 Å². The summed E-state index contributed by atoms with van der Waals surface area (Å²) in [7, 11) is 0. The second-order valence-corrected chi connectivity index (χ2v) is 9.70. The number of nitrogens with two attached hydrogens (primary N) is 1. The molecule has 1 atom stereocenters. The third kappa shape index (κ3) is 7.09. The fraction of sp³-hybridized carbons (Fsp3) is 0.464. The summed E-state index contributed by atoms with van der Waals surface area (Å²) >= 11 is 0. The van der Waals surface area contributed by atoms with Crippen LogP contribution in [-0.4, -0.2) is 64.7 Å². The lowest BCUT2D eigenvalue weighted by atomic mass is 10.1. The quantitative estimate of drug-likeness (QED) is 0.439. The Morgan fingerprint density at radius 3 is 2.50 bits per heavy atom. The van der Waals surface area contributed by atoms with Crippen molar-refractivity contribution >= 4 is 17.5 Å². The number of nitrogens with zero attached hydrogens (tertiary/aromatic N) is 3. The zero-order chi connectivity index (χ0) is 26.4. The maximum atomic E-state index is 12.9. The van der Waals surface area contributed by atoms with E-state index < -0.39 is 11.6 Å². The predicted molar refractivity (Wildman–Crippen MR) is 144 cm³/mol. The Bertz CT molecular complexity index is 1220. The summed E-state index contributed by atoms with van der Waals surface area (Å²) in [5, 5.41) is 3.01. The van der Waals surface area contributed by atoms with E-state index in [4.69, 9.17) is 24.9 Å². The lowest BCUT2D eigenvalue weighted by Crippen LogP contribution is -2.51. The first-order chi connectivity index (χ1) is 17.7. The van der Waals surface area contributed by atoms with E-state index in [1.165, 1.54) is 0 Å². The molecule has 0 radical (unpaired) electrons. The van der Waals surface area contributed by atoms with Crippen molar-refractivity contribution in [2.75, 3.05) is 32.9 Å². The number of aromatic nitrogens is 2. The largest absolute Gasteiger partial charge is 0.443 e. The smallest absolute Gasteiger partial charge is 0.410 e. The van der Waals surface area contributed by atoms with Crippen LogP contribution >= 0.6 is 0 Å². The number of fused-ring (bicyclic) bond motifs is 1. The highest BCUT2D eigenvalue weighted by Gasteiger charge is 2.29. The maximum Gasteiger partial charge on any atom is 0.410 e. The molecule has 10 heteroatoms. The third-order valence-electron chi connectivity index (χ3n) is 6.16. The summed E-state index contributed by atoms with van der Waals surface area (Å²) in [5.41, 5.74) is 8.37. The van der Waals surface area contributed by atoms with Gasteiger partial charge in [-0.2, -0.15) is 0 Å². The number of rotatable bonds is 9. The zero-order valence-corrected chi connectivity index (χ0v) is 21.6. The second-order valence-electron chi connectivity index (χ2n) is 9.70. The number of benzene rings is 1. The lowest BCUT2D eigenvalue weighted by Gasteiger charge is -2.26. The molecule has 0 aliphatic carbocycles. The zero-order valence-electron chi connectivity index (χ0n) is 21.6. The van der Waals surface area contributed by atoms with Crippen LogP contribution in [0.15, 0.2) is 48.5 Å². The van der Waals surface area contributed by atoms with Gasteiger partial charge in [-0.15, -0.1) is 0 Å². The lowest BCUT2D eigenvalue weighted by molar-refractivity contribution is -0.126. The van der Waals surface area contributed by atoms with Crippen LogP contribution in [0.25, 0.3) is 5.52 Å². The highest BCUT2D eigenvalue weighted by atomic mass is 16.6. The molecule has 2 amide bonds. The van der Waals surface area contributed by atoms with Gasteiger partial charge in [-0.1, -0.05) is 43.8 Å². The maximum absolute atomic E-state index is 12.9. The molecule has 1 aliphatic heterocycles. The Morgan fingerprint density at radius 1 is 1.11 bits per heavy atom. The topological polar surface area (TPSA) is 120 Å². The van der Waals surface area contributed by atoms with Gasteiger partial charge in [0.1, 0.15) is 18.5 Å². The number of imidazole rings is 1. The Balaban J connectivity index is 0.00000400. The van der Waals surface area contributed by atoms with Crippen molar-refractivity contribution in [2.24, 2.45) is 5.73 Å². The fourth-order valence-electron chi connectivity index (χ4n) is 4.10. The van der Waals surface area contributed by atoms with Crippen LogP contribution in [-0.2, 0) is 32.2 Å². The van der Waals surface area contributed by atoms with E-state index in [-0.39, 0.29) is 32.6 Å². The molecule has 10 nitrogen and oxygen atoms in total. The molecule has 3 aromatic rings. The SMILES string of the molecule is C.Cc1nc(C(COCc2ccccc2)NC(=O)C(C)(C)N)n2c(COC(=O)N3CCOCC3)cccc12. The van der Waals surface area contributed by atoms with E-state index in [0.717, 1.165) is 22.5 Å². The van der Waals surface area contributed by atoms with Crippen LogP contribution in [0, 0.1) is 6.92 Å². The molecule has 1 fully saturated rings. The standard InChI is InChI=1S/C27H35N5O5.CH4/c1-19-23-11-7-10-21(17-37-26(34)31-12-14-35-15-13-31)32(23)24(29-19)22(30-25(33)27(2,3)28)18-36-16-20-8-5-4-6-9-20;/h4-11,22H,12-18,28H2,1-3H3,(H,30,33);1H4. The fourth-order valence-corrected chi connectivity index (χ4v) is 4.10. The number of nitrogens with one attached hydrogen (secondary N) is 1. The molecule has 3 heterocycles. The minimum Gasteiger partial charge on any atom is -0.443 e. The molecule has 2 aromatic heterocycles. The van der Waals surface area contributed by atoms with Crippen LogP contribution in [0.5, 0.6) is 0 Å². The van der Waals surface area contributed by atoms with Crippen LogP contribution in [0.1, 0.15) is 50.1 Å². The molecule has 1 saturated heterocycles. The van der Waals surface area contributed by atoms with Crippen molar-refractivity contribution < 1.29 is 23.8 Å². The Morgan fingerprint density at radius 2 is 1.82 bits per heavy atom. The molecule has 0 spiro atoms. The normalized spacial score (nSPS) is 14.6. The Labute approximate surface area is 224 Å². The van der Waals surface area contributed by atoms with Gasteiger partial charge in [0, 0.05) is 13.1 Å². The van der Waals surface area contributed by atoms with E-state index in [2.05, 4.69) is 5.32 Å². The summed E-state index contributed by atoms with van der Waals surface area (Å²) in [4.78, 5) is 31.9. The molecule has 0 saturated carbocycles. The van der Waals surface area contributed by atoms with Crippen LogP contribution in [0.4, 0.5) is 4.79 Å². The molecule has 38 heavy (non-hydrogen) atoms. The number of amides is 2. The summed E-state index contributed by atoms with van der Waals surface area (Å²) in [6, 6.07) is 14.9. The molecule has 1 unspecified atom stereocenters. The second kappa shape index (κ2) is 12.9. The number of aryl methyl sites for hydroxylation is 1. The summed E-state index contributed by atoms with van der Waals surface area (Å²) in [6.07, 6.45) is -0.389. The number of carbonyl (C=O) groups excluding carboxylic acids is 2. The molecule has 4 rings (SSSR count). The minimum absolute atomic E-state index is 0. The molecule has 3 N–H and O–H groups in total. The average Bonchev–Trinajstić information content (AvgIpc) is 3.24. The Kier molecular flexibility index (Phi) is 9.84. The molecular formula is C28H39N5O5. The molecule has 0 bridgehead atoms. The van der Waals surface area contributed by atoms with Gasteiger partial charge < -0.3 is 30.2 Å². The summed E-state index contributed by atoms with van der Waals surface area (Å²) < 4.78 is 18.9. The first kappa shape index (κ1) is 29.1. The number of carbonyl (C=O) groups is 2. The van der Waals surface area contributed by atoms with Crippen molar-refractivity contribution in [3.05, 3.63) is 71.3 Å². The van der Waals surface area contributed by atoms with Gasteiger partial charge in [0.15, 0.2) is 0 Å². The van der Waals surface area contributed by atoms with Crippen molar-refractivity contribution in [3.63, 3.8) is 0 Å². The molecule has 206 valence electrons. The monoisotopic (exact) mass is 525 g/mol. The van der Waals surface area contributed by atoms with Crippen molar-refractivity contribution in [1.82, 2.24) is 19.6 Å². The summed E-state index contributed by atoms with van der Waals surface area (Å²) in [6.45, 7) is 7.80. The number of hydrogen-bond acceptors (Lipinski definition) is 7. The number of hydrogen-bond donors (Lipinski definition) is 2. The Hall–Kier alpha value is -3.47. The molecule has 1 aliphatic rings. The highest BCUT2D eigenvalue weighted by molar-refractivity contribution is 5.85. The van der Waals surface area contributed by atoms with Crippen LogP contribution in [0.2, 0.25) is 0 Å². The van der Waals surface area contributed by atoms with E-state index in [1.54, 1.807) is 18.7 Å². The predicted octanol–water partition coefficient (Wildman–Crippen LogP) is 3.36. The minimum atomic E-state index is -1.09. The van der Waals surface area contributed by atoms with E-state index in [0.29, 0.717) is 38.7 Å². The van der Waals surface area contributed by atoms with Gasteiger partial charge in [-0.05, 0) is 38.5 Å². The van der Waals surface area contributed by atoms with E-state index in [1.807, 2.05) is 59.9 Å². The first-order valence-electron chi connectivity index (χ1n) is 12.4. The molecule has 1 aromatic carbocycles. The number of ether oxygens (including phenoxy) is 3.